The predicted octanol–water partition coefficient (Wildman–Crippen LogP) is 0.522. The van der Waals surface area contributed by atoms with Gasteiger partial charge in [0.05, 0.1) is 6.61 Å². The van der Waals surface area contributed by atoms with Gasteiger partial charge in [-0.15, -0.1) is 0 Å². The van der Waals surface area contributed by atoms with E-state index >= 15 is 0 Å². The van der Waals surface area contributed by atoms with E-state index in [1.54, 1.807) is 0 Å². The highest BCUT2D eigenvalue weighted by molar-refractivity contribution is 4.96. The largest absolute Gasteiger partial charge is 0.380 e. The Kier molecular flexibility index (Phi) is 4.79. The second kappa shape index (κ2) is 6.14. The van der Waals surface area contributed by atoms with E-state index in [2.05, 4.69) is 16.7 Å². The fourth-order valence-corrected chi connectivity index (χ4v) is 3.16. The molecule has 17 heavy (non-hydrogen) atoms. The summed E-state index contributed by atoms with van der Waals surface area (Å²) in [6.07, 6.45) is 3.59. The molecule has 0 radical (unpaired) electrons. The van der Waals surface area contributed by atoms with E-state index in [0.717, 1.165) is 39.3 Å². The smallest absolute Gasteiger partial charge is 0.0593 e. The van der Waals surface area contributed by atoms with Crippen LogP contribution in [0.3, 0.4) is 0 Å². The van der Waals surface area contributed by atoms with Crippen LogP contribution in [0.1, 0.15) is 26.2 Å². The van der Waals surface area contributed by atoms with Gasteiger partial charge in [-0.3, -0.25) is 4.90 Å². The molecule has 0 atom stereocenters. The molecule has 100 valence electrons. The molecule has 4 nitrogen and oxygen atoms in total. The van der Waals surface area contributed by atoms with Gasteiger partial charge < -0.3 is 15.4 Å². The van der Waals surface area contributed by atoms with E-state index < -0.39 is 0 Å². The van der Waals surface area contributed by atoms with Gasteiger partial charge in [0.2, 0.25) is 0 Å². The Labute approximate surface area is 105 Å². The Morgan fingerprint density at radius 2 is 1.88 bits per heavy atom. The van der Waals surface area contributed by atoms with Crippen molar-refractivity contribution in [2.75, 3.05) is 52.5 Å². The first-order valence-corrected chi connectivity index (χ1v) is 7.06. The third-order valence-corrected chi connectivity index (χ3v) is 4.51. The molecule has 4 heteroatoms. The van der Waals surface area contributed by atoms with Gasteiger partial charge in [-0.25, -0.2) is 0 Å². The Bertz CT molecular complexity index is 219. The third-order valence-electron chi connectivity index (χ3n) is 4.51. The van der Waals surface area contributed by atoms with E-state index in [-0.39, 0.29) is 5.54 Å². The molecule has 2 aliphatic heterocycles. The molecule has 0 aromatic heterocycles. The zero-order chi connectivity index (χ0) is 12.1. The highest BCUT2D eigenvalue weighted by Crippen LogP contribution is 2.28. The first-order chi connectivity index (χ1) is 8.30. The number of rotatable bonds is 3. The monoisotopic (exact) mass is 241 g/mol. The highest BCUT2D eigenvalue weighted by atomic mass is 16.5. The lowest BCUT2D eigenvalue weighted by molar-refractivity contribution is 0.0258. The maximum absolute atomic E-state index is 6.11. The van der Waals surface area contributed by atoms with Crippen LogP contribution in [0.4, 0.5) is 0 Å². The lowest BCUT2D eigenvalue weighted by Gasteiger charge is -2.48. The first-order valence-electron chi connectivity index (χ1n) is 7.06. The summed E-state index contributed by atoms with van der Waals surface area (Å²) < 4.78 is 5.55. The lowest BCUT2D eigenvalue weighted by Crippen LogP contribution is -2.59. The van der Waals surface area contributed by atoms with Crippen molar-refractivity contribution >= 4 is 0 Å². The van der Waals surface area contributed by atoms with Crippen LogP contribution in [-0.4, -0.2) is 67.8 Å². The van der Waals surface area contributed by atoms with Crippen molar-refractivity contribution in [3.63, 3.8) is 0 Å². The Morgan fingerprint density at radius 1 is 1.12 bits per heavy atom. The van der Waals surface area contributed by atoms with Gasteiger partial charge in [-0.05, 0) is 38.9 Å². The summed E-state index contributed by atoms with van der Waals surface area (Å²) in [7, 11) is 0. The number of hydrogen-bond donors (Lipinski definition) is 1. The van der Waals surface area contributed by atoms with Gasteiger partial charge in [-0.2, -0.15) is 0 Å². The molecule has 2 N–H and O–H groups in total. The molecule has 0 saturated carbocycles. The fraction of sp³-hybridized carbons (Fsp3) is 1.00. The summed E-state index contributed by atoms with van der Waals surface area (Å²) in [6.45, 7) is 10.6. The van der Waals surface area contributed by atoms with E-state index in [1.807, 2.05) is 0 Å². The number of hydrogen-bond acceptors (Lipinski definition) is 4. The molecule has 0 unspecified atom stereocenters. The van der Waals surface area contributed by atoms with Gasteiger partial charge in [0.25, 0.3) is 0 Å². The van der Waals surface area contributed by atoms with Gasteiger partial charge in [0, 0.05) is 31.8 Å². The molecule has 2 fully saturated rings. The summed E-state index contributed by atoms with van der Waals surface area (Å²) >= 11 is 0. The SMILES string of the molecule is CCN1CCC(CN)(N2CCCOCC2)CC1. The van der Waals surface area contributed by atoms with Gasteiger partial charge in [0.1, 0.15) is 0 Å². The molecule has 0 spiro atoms. The minimum absolute atomic E-state index is 0.249. The van der Waals surface area contributed by atoms with Crippen molar-refractivity contribution < 1.29 is 4.74 Å². The van der Waals surface area contributed by atoms with Gasteiger partial charge in [-0.1, -0.05) is 6.92 Å². The summed E-state index contributed by atoms with van der Waals surface area (Å²) in [5.41, 5.74) is 6.36. The summed E-state index contributed by atoms with van der Waals surface area (Å²) in [4.78, 5) is 5.13. The molecule has 0 aromatic carbocycles. The zero-order valence-electron chi connectivity index (χ0n) is 11.2. The van der Waals surface area contributed by atoms with Crippen LogP contribution in [0.2, 0.25) is 0 Å². The van der Waals surface area contributed by atoms with Crippen LogP contribution in [0.15, 0.2) is 0 Å². The molecular formula is C13H27N3O. The maximum Gasteiger partial charge on any atom is 0.0593 e. The van der Waals surface area contributed by atoms with Crippen molar-refractivity contribution in [1.29, 1.82) is 0 Å². The highest BCUT2D eigenvalue weighted by Gasteiger charge is 2.38. The van der Waals surface area contributed by atoms with Crippen molar-refractivity contribution in [1.82, 2.24) is 9.80 Å². The van der Waals surface area contributed by atoms with Crippen LogP contribution >= 0.6 is 0 Å². The molecule has 2 rings (SSSR count). The Balaban J connectivity index is 1.98. The molecule has 2 saturated heterocycles. The average molecular weight is 241 g/mol. The second-order valence-corrected chi connectivity index (χ2v) is 5.32. The number of ether oxygens (including phenoxy) is 1. The minimum atomic E-state index is 0.249. The molecular weight excluding hydrogens is 214 g/mol. The second-order valence-electron chi connectivity index (χ2n) is 5.32. The molecule has 0 amide bonds. The summed E-state index contributed by atoms with van der Waals surface area (Å²) in [6, 6.07) is 0. The number of piperidine rings is 1. The number of nitrogens with zero attached hydrogens (tertiary/aromatic N) is 2. The van der Waals surface area contributed by atoms with E-state index in [4.69, 9.17) is 10.5 Å². The minimum Gasteiger partial charge on any atom is -0.380 e. The first kappa shape index (κ1) is 13.3. The van der Waals surface area contributed by atoms with Crippen molar-refractivity contribution in [3.05, 3.63) is 0 Å². The van der Waals surface area contributed by atoms with Crippen molar-refractivity contribution in [2.24, 2.45) is 5.73 Å². The number of nitrogens with two attached hydrogens (primary N) is 1. The average Bonchev–Trinajstić information content (AvgIpc) is 2.68. The fourth-order valence-electron chi connectivity index (χ4n) is 3.16. The topological polar surface area (TPSA) is 41.7 Å². The molecule has 2 heterocycles. The molecule has 0 aliphatic carbocycles. The number of likely N-dealkylation sites (tertiary alicyclic amines) is 1. The normalized spacial score (nSPS) is 27.9. The predicted molar refractivity (Wildman–Crippen MR) is 70.1 cm³/mol. The summed E-state index contributed by atoms with van der Waals surface area (Å²) in [5, 5.41) is 0. The molecule has 0 aromatic rings. The van der Waals surface area contributed by atoms with E-state index in [9.17, 15) is 0 Å². The van der Waals surface area contributed by atoms with Crippen LogP contribution in [-0.2, 0) is 4.74 Å². The van der Waals surface area contributed by atoms with Gasteiger partial charge >= 0.3 is 0 Å². The van der Waals surface area contributed by atoms with Crippen molar-refractivity contribution in [3.8, 4) is 0 Å². The van der Waals surface area contributed by atoms with E-state index in [0.29, 0.717) is 0 Å². The zero-order valence-corrected chi connectivity index (χ0v) is 11.2. The maximum atomic E-state index is 6.11. The quantitative estimate of drug-likeness (QED) is 0.782. The van der Waals surface area contributed by atoms with Crippen LogP contribution in [0.5, 0.6) is 0 Å². The Morgan fingerprint density at radius 3 is 2.53 bits per heavy atom. The van der Waals surface area contributed by atoms with Crippen LogP contribution in [0, 0.1) is 0 Å². The van der Waals surface area contributed by atoms with E-state index in [1.165, 1.54) is 32.5 Å². The summed E-state index contributed by atoms with van der Waals surface area (Å²) in [5.74, 6) is 0. The Hall–Kier alpha value is -0.160. The standard InChI is InChI=1S/C13H27N3O/c1-2-15-7-4-13(12-14,5-8-15)16-6-3-10-17-11-9-16/h2-12,14H2,1H3. The van der Waals surface area contributed by atoms with Crippen LogP contribution in [0.25, 0.3) is 0 Å². The van der Waals surface area contributed by atoms with Crippen LogP contribution < -0.4 is 5.73 Å². The van der Waals surface area contributed by atoms with Gasteiger partial charge in [0.15, 0.2) is 0 Å². The molecule has 0 bridgehead atoms. The molecule has 2 aliphatic rings. The third kappa shape index (κ3) is 2.99. The van der Waals surface area contributed by atoms with Crippen molar-refractivity contribution in [2.45, 2.75) is 31.7 Å². The lowest BCUT2D eigenvalue weighted by atomic mass is 9.85.